The smallest absolute Gasteiger partial charge is 0.408 e. The summed E-state index contributed by atoms with van der Waals surface area (Å²) in [5.41, 5.74) is 0.345. The van der Waals surface area contributed by atoms with Crippen LogP contribution in [0, 0.1) is 0 Å². The summed E-state index contributed by atoms with van der Waals surface area (Å²) in [6.07, 6.45) is 0.575. The van der Waals surface area contributed by atoms with Gasteiger partial charge in [-0.05, 0) is 45.6 Å². The minimum absolute atomic E-state index is 0.0684. The Bertz CT molecular complexity index is 836. The molecule has 31 heavy (non-hydrogen) atoms. The first-order valence-electron chi connectivity index (χ1n) is 10.6. The number of nitrogens with one attached hydrogen (secondary N) is 2. The second-order valence-corrected chi connectivity index (χ2v) is 8.89. The lowest BCUT2D eigenvalue weighted by atomic mass is 10.0. The molecule has 9 nitrogen and oxygen atoms in total. The van der Waals surface area contributed by atoms with Gasteiger partial charge in [0.25, 0.3) is 5.91 Å². The first-order chi connectivity index (χ1) is 14.7. The molecule has 2 heterocycles. The highest BCUT2D eigenvalue weighted by molar-refractivity contribution is 5.94. The third-order valence-electron chi connectivity index (χ3n) is 5.17. The van der Waals surface area contributed by atoms with Gasteiger partial charge >= 0.3 is 6.09 Å². The first-order valence-corrected chi connectivity index (χ1v) is 10.6. The maximum Gasteiger partial charge on any atom is 0.408 e. The number of hydrogen-bond acceptors (Lipinski definition) is 5. The summed E-state index contributed by atoms with van der Waals surface area (Å²) in [5.74, 6) is -1.02. The molecule has 0 saturated carbocycles. The van der Waals surface area contributed by atoms with Crippen LogP contribution in [0.15, 0.2) is 30.3 Å². The van der Waals surface area contributed by atoms with E-state index >= 15 is 0 Å². The summed E-state index contributed by atoms with van der Waals surface area (Å²) in [6.45, 7) is 6.00. The van der Waals surface area contributed by atoms with Gasteiger partial charge in [0.1, 0.15) is 18.7 Å². The van der Waals surface area contributed by atoms with E-state index in [9.17, 15) is 19.2 Å². The van der Waals surface area contributed by atoms with Crippen molar-refractivity contribution in [1.82, 2.24) is 20.7 Å². The van der Waals surface area contributed by atoms with Crippen molar-refractivity contribution in [3.63, 3.8) is 0 Å². The van der Waals surface area contributed by atoms with Crippen LogP contribution in [0.5, 0.6) is 0 Å². The van der Waals surface area contributed by atoms with Crippen LogP contribution in [0.4, 0.5) is 4.79 Å². The van der Waals surface area contributed by atoms with E-state index in [0.717, 1.165) is 5.56 Å². The Kier molecular flexibility index (Phi) is 6.82. The fourth-order valence-corrected chi connectivity index (χ4v) is 3.77. The lowest BCUT2D eigenvalue weighted by Gasteiger charge is -2.43. The maximum atomic E-state index is 13.3. The third-order valence-corrected chi connectivity index (χ3v) is 5.17. The molecule has 1 aromatic rings. The number of hydrogen-bond donors (Lipinski definition) is 2. The molecule has 1 unspecified atom stereocenters. The molecule has 2 atom stereocenters. The van der Waals surface area contributed by atoms with Crippen LogP contribution in [0.25, 0.3) is 0 Å². The zero-order valence-corrected chi connectivity index (χ0v) is 18.2. The number of benzene rings is 1. The molecule has 9 heteroatoms. The van der Waals surface area contributed by atoms with Gasteiger partial charge in [-0.3, -0.25) is 19.4 Å². The van der Waals surface area contributed by atoms with Crippen molar-refractivity contribution in [3.8, 4) is 0 Å². The van der Waals surface area contributed by atoms with Gasteiger partial charge in [0.2, 0.25) is 11.8 Å². The molecule has 0 spiro atoms. The van der Waals surface area contributed by atoms with Gasteiger partial charge in [-0.2, -0.15) is 0 Å². The standard InChI is InChI=1S/C22H30N4O5/c1-22(2,3)24-19(28)17-10-7-13-25-18(27)12-11-16(20(29)26(17)25)23-21(30)31-14-15-8-5-4-6-9-15/h4-6,8-9,16-17H,7,10-14H2,1-3H3,(H,23,30)(H,24,28)/t16-,17?/m0/s1. The van der Waals surface area contributed by atoms with Crippen LogP contribution in [0.3, 0.4) is 0 Å². The van der Waals surface area contributed by atoms with E-state index in [0.29, 0.717) is 19.4 Å². The van der Waals surface area contributed by atoms with Crippen LogP contribution in [0.1, 0.15) is 52.0 Å². The summed E-state index contributed by atoms with van der Waals surface area (Å²) in [5, 5.41) is 8.06. The Morgan fingerprint density at radius 1 is 1.13 bits per heavy atom. The van der Waals surface area contributed by atoms with Gasteiger partial charge < -0.3 is 15.4 Å². The predicted octanol–water partition coefficient (Wildman–Crippen LogP) is 1.72. The van der Waals surface area contributed by atoms with Gasteiger partial charge in [0, 0.05) is 18.5 Å². The average Bonchev–Trinajstić information content (AvgIpc) is 2.84. The quantitative estimate of drug-likeness (QED) is 0.756. The molecule has 1 aromatic carbocycles. The summed E-state index contributed by atoms with van der Waals surface area (Å²) in [6, 6.07) is 7.45. The SMILES string of the molecule is CC(C)(C)NC(=O)C1CCCN2C(=O)CC[C@H](NC(=O)OCc3ccccc3)C(=O)N12. The topological polar surface area (TPSA) is 108 Å². The molecule has 2 saturated heterocycles. The minimum atomic E-state index is -0.944. The molecule has 2 aliphatic rings. The number of amides is 4. The van der Waals surface area contributed by atoms with Crippen LogP contribution in [0.2, 0.25) is 0 Å². The van der Waals surface area contributed by atoms with E-state index in [-0.39, 0.29) is 31.3 Å². The highest BCUT2D eigenvalue weighted by Crippen LogP contribution is 2.25. The molecule has 0 aromatic heterocycles. The van der Waals surface area contributed by atoms with Crippen molar-refractivity contribution in [2.75, 3.05) is 6.54 Å². The largest absolute Gasteiger partial charge is 0.445 e. The summed E-state index contributed by atoms with van der Waals surface area (Å²) in [7, 11) is 0. The minimum Gasteiger partial charge on any atom is -0.445 e. The zero-order valence-electron chi connectivity index (χ0n) is 18.2. The Morgan fingerprint density at radius 3 is 2.52 bits per heavy atom. The lowest BCUT2D eigenvalue weighted by Crippen LogP contribution is -2.64. The third kappa shape index (κ3) is 5.74. The predicted molar refractivity (Wildman–Crippen MR) is 112 cm³/mol. The van der Waals surface area contributed by atoms with Crippen LogP contribution < -0.4 is 10.6 Å². The second kappa shape index (κ2) is 9.36. The molecule has 0 bridgehead atoms. The maximum absolute atomic E-state index is 13.3. The number of rotatable bonds is 4. The Hall–Kier alpha value is -3.10. The summed E-state index contributed by atoms with van der Waals surface area (Å²) in [4.78, 5) is 51.1. The fraction of sp³-hybridized carbons (Fsp3) is 0.545. The van der Waals surface area contributed by atoms with Crippen molar-refractivity contribution in [1.29, 1.82) is 0 Å². The zero-order chi connectivity index (χ0) is 22.6. The van der Waals surface area contributed by atoms with Crippen LogP contribution in [-0.2, 0) is 25.7 Å². The van der Waals surface area contributed by atoms with Crippen molar-refractivity contribution >= 4 is 23.8 Å². The number of fused-ring (bicyclic) bond motifs is 1. The van der Waals surface area contributed by atoms with Crippen LogP contribution >= 0.6 is 0 Å². The number of alkyl carbamates (subject to hydrolysis) is 1. The van der Waals surface area contributed by atoms with Crippen molar-refractivity contribution in [2.24, 2.45) is 0 Å². The van der Waals surface area contributed by atoms with Gasteiger partial charge in [-0.15, -0.1) is 0 Å². The number of nitrogens with zero attached hydrogens (tertiary/aromatic N) is 2. The molecular formula is C22H30N4O5. The van der Waals surface area contributed by atoms with E-state index in [1.54, 1.807) is 0 Å². The Morgan fingerprint density at radius 2 is 1.84 bits per heavy atom. The number of ether oxygens (including phenoxy) is 1. The molecule has 4 amide bonds. The summed E-state index contributed by atoms with van der Waals surface area (Å²) >= 11 is 0. The monoisotopic (exact) mass is 430 g/mol. The molecule has 2 N–H and O–H groups in total. The van der Waals surface area contributed by atoms with E-state index in [4.69, 9.17) is 4.74 Å². The van der Waals surface area contributed by atoms with E-state index in [1.807, 2.05) is 51.1 Å². The Labute approximate surface area is 182 Å². The summed E-state index contributed by atoms with van der Waals surface area (Å²) < 4.78 is 5.22. The molecule has 2 aliphatic heterocycles. The molecule has 168 valence electrons. The van der Waals surface area contributed by atoms with Gasteiger partial charge in [0.15, 0.2) is 0 Å². The van der Waals surface area contributed by atoms with Gasteiger partial charge in [-0.25, -0.2) is 9.80 Å². The lowest BCUT2D eigenvalue weighted by molar-refractivity contribution is -0.176. The Balaban J connectivity index is 1.71. The van der Waals surface area contributed by atoms with E-state index in [1.165, 1.54) is 10.0 Å². The number of carbonyl (C=O) groups is 4. The molecule has 2 fully saturated rings. The number of carbonyl (C=O) groups excluding carboxylic acids is 4. The van der Waals surface area contributed by atoms with Crippen molar-refractivity contribution in [2.45, 2.75) is 70.7 Å². The van der Waals surface area contributed by atoms with Gasteiger partial charge in [0.05, 0.1) is 0 Å². The highest BCUT2D eigenvalue weighted by Gasteiger charge is 2.45. The van der Waals surface area contributed by atoms with Gasteiger partial charge in [-0.1, -0.05) is 30.3 Å². The average molecular weight is 431 g/mol. The van der Waals surface area contributed by atoms with Crippen molar-refractivity contribution in [3.05, 3.63) is 35.9 Å². The normalized spacial score (nSPS) is 21.8. The molecule has 0 radical (unpaired) electrons. The molecule has 0 aliphatic carbocycles. The highest BCUT2D eigenvalue weighted by atomic mass is 16.5. The fourth-order valence-electron chi connectivity index (χ4n) is 3.77. The van der Waals surface area contributed by atoms with E-state index in [2.05, 4.69) is 10.6 Å². The first kappa shape index (κ1) is 22.6. The van der Waals surface area contributed by atoms with Crippen LogP contribution in [-0.4, -0.2) is 58.0 Å². The number of hydrazine groups is 1. The molecule has 3 rings (SSSR count). The van der Waals surface area contributed by atoms with E-state index < -0.39 is 29.6 Å². The van der Waals surface area contributed by atoms with Crippen molar-refractivity contribution < 1.29 is 23.9 Å². The second-order valence-electron chi connectivity index (χ2n) is 8.89. The molecular weight excluding hydrogens is 400 g/mol.